The van der Waals surface area contributed by atoms with Gasteiger partial charge in [0.05, 0.1) is 13.7 Å². The molecule has 1 aromatic carbocycles. The van der Waals surface area contributed by atoms with Crippen LogP contribution < -0.4 is 9.47 Å². The second-order valence-electron chi connectivity index (χ2n) is 5.47. The minimum absolute atomic E-state index is 0.0946. The van der Waals surface area contributed by atoms with E-state index >= 15 is 0 Å². The lowest BCUT2D eigenvalue weighted by molar-refractivity contribution is -0.0537. The Bertz CT molecular complexity index is 462. The number of likely N-dealkylation sites (tertiary alicyclic amines) is 1. The van der Waals surface area contributed by atoms with Crippen LogP contribution in [-0.2, 0) is 6.54 Å². The molecule has 1 fully saturated rings. The van der Waals surface area contributed by atoms with E-state index in [1.54, 1.807) is 12.1 Å². The molecule has 0 atom stereocenters. The first-order valence-corrected chi connectivity index (χ1v) is 6.41. The minimum Gasteiger partial charge on any atom is -0.497 e. The van der Waals surface area contributed by atoms with Crippen LogP contribution in [0.2, 0.25) is 0 Å². The van der Waals surface area contributed by atoms with Crippen LogP contribution in [0.5, 0.6) is 11.5 Å². The fraction of sp³-hybridized carbons (Fsp3) is 0.571. The number of alkyl halides is 2. The molecule has 4 nitrogen and oxygen atoms in total. The van der Waals surface area contributed by atoms with Crippen molar-refractivity contribution in [2.75, 3.05) is 26.8 Å². The van der Waals surface area contributed by atoms with Crippen molar-refractivity contribution >= 4 is 0 Å². The molecule has 20 heavy (non-hydrogen) atoms. The van der Waals surface area contributed by atoms with Crippen molar-refractivity contribution in [3.05, 3.63) is 23.8 Å². The predicted octanol–water partition coefficient (Wildman–Crippen LogP) is 2.11. The van der Waals surface area contributed by atoms with E-state index in [-0.39, 0.29) is 17.8 Å². The van der Waals surface area contributed by atoms with Gasteiger partial charge in [-0.05, 0) is 18.2 Å². The summed E-state index contributed by atoms with van der Waals surface area (Å²) in [5.74, 6) is 0.769. The first-order chi connectivity index (χ1) is 9.45. The Morgan fingerprint density at radius 2 is 2.10 bits per heavy atom. The smallest absolute Gasteiger partial charge is 0.387 e. The molecule has 112 valence electrons. The lowest BCUT2D eigenvalue weighted by Crippen LogP contribution is -2.55. The summed E-state index contributed by atoms with van der Waals surface area (Å²) in [4.78, 5) is 2.07. The highest BCUT2D eigenvalue weighted by Gasteiger charge is 2.38. The first kappa shape index (κ1) is 15.0. The largest absolute Gasteiger partial charge is 0.497 e. The second kappa shape index (κ2) is 5.93. The number of ether oxygens (including phenoxy) is 2. The molecule has 0 aromatic heterocycles. The van der Waals surface area contributed by atoms with Crippen LogP contribution in [-0.4, -0.2) is 43.4 Å². The van der Waals surface area contributed by atoms with E-state index in [0.29, 0.717) is 17.9 Å². The lowest BCUT2D eigenvalue weighted by atomic mass is 9.82. The normalized spacial score (nSPS) is 17.9. The van der Waals surface area contributed by atoms with Crippen molar-refractivity contribution in [1.82, 2.24) is 4.90 Å². The average molecular weight is 287 g/mol. The highest BCUT2D eigenvalue weighted by molar-refractivity contribution is 5.40. The van der Waals surface area contributed by atoms with E-state index in [1.807, 2.05) is 6.92 Å². The molecule has 0 saturated carbocycles. The molecule has 0 radical (unpaired) electrons. The fourth-order valence-electron chi connectivity index (χ4n) is 2.50. The van der Waals surface area contributed by atoms with Crippen LogP contribution in [0.15, 0.2) is 18.2 Å². The van der Waals surface area contributed by atoms with Crippen LogP contribution in [0.4, 0.5) is 8.78 Å². The Morgan fingerprint density at radius 1 is 1.40 bits per heavy atom. The van der Waals surface area contributed by atoms with Gasteiger partial charge in [-0.15, -0.1) is 0 Å². The SMILES string of the molecule is COc1ccc(OC(F)F)c(CN2CC(C)(CO)C2)c1. The Morgan fingerprint density at radius 3 is 2.65 bits per heavy atom. The maximum atomic E-state index is 12.4. The van der Waals surface area contributed by atoms with Crippen molar-refractivity contribution in [3.63, 3.8) is 0 Å². The first-order valence-electron chi connectivity index (χ1n) is 6.41. The van der Waals surface area contributed by atoms with Gasteiger partial charge in [0.25, 0.3) is 0 Å². The minimum atomic E-state index is -2.85. The molecule has 1 heterocycles. The predicted molar refractivity (Wildman–Crippen MR) is 70.1 cm³/mol. The van der Waals surface area contributed by atoms with Crippen molar-refractivity contribution in [2.45, 2.75) is 20.1 Å². The summed E-state index contributed by atoms with van der Waals surface area (Å²) < 4.78 is 34.4. The van der Waals surface area contributed by atoms with Crippen LogP contribution in [0, 0.1) is 5.41 Å². The summed E-state index contributed by atoms with van der Waals surface area (Å²) in [6.07, 6.45) is 0. The quantitative estimate of drug-likeness (QED) is 0.870. The average Bonchev–Trinajstić information content (AvgIpc) is 2.38. The van der Waals surface area contributed by atoms with Gasteiger partial charge in [-0.2, -0.15) is 8.78 Å². The van der Waals surface area contributed by atoms with Crippen molar-refractivity contribution < 1.29 is 23.4 Å². The van der Waals surface area contributed by atoms with Gasteiger partial charge in [0, 0.05) is 30.6 Å². The van der Waals surface area contributed by atoms with Crippen LogP contribution in [0.25, 0.3) is 0 Å². The summed E-state index contributed by atoms with van der Waals surface area (Å²) >= 11 is 0. The third kappa shape index (κ3) is 3.37. The number of methoxy groups -OCH3 is 1. The van der Waals surface area contributed by atoms with Gasteiger partial charge in [-0.1, -0.05) is 6.92 Å². The highest BCUT2D eigenvalue weighted by Crippen LogP contribution is 2.33. The Labute approximate surface area is 116 Å². The van der Waals surface area contributed by atoms with E-state index in [0.717, 1.165) is 13.1 Å². The van der Waals surface area contributed by atoms with Gasteiger partial charge in [0.1, 0.15) is 11.5 Å². The number of nitrogens with zero attached hydrogens (tertiary/aromatic N) is 1. The van der Waals surface area contributed by atoms with Gasteiger partial charge in [-0.3, -0.25) is 4.90 Å². The molecule has 1 N–H and O–H groups in total. The Kier molecular flexibility index (Phi) is 4.45. The number of benzene rings is 1. The third-order valence-corrected chi connectivity index (χ3v) is 3.47. The standard InChI is InChI=1S/C14H19F2NO3/c1-14(9-18)7-17(8-14)6-10-5-11(19-2)3-4-12(10)20-13(15)16/h3-5,13,18H,6-9H2,1-2H3. The summed E-state index contributed by atoms with van der Waals surface area (Å²) in [7, 11) is 1.53. The molecule has 1 saturated heterocycles. The molecule has 1 aliphatic heterocycles. The van der Waals surface area contributed by atoms with Crippen molar-refractivity contribution in [1.29, 1.82) is 0 Å². The zero-order valence-corrected chi connectivity index (χ0v) is 11.6. The van der Waals surface area contributed by atoms with E-state index in [1.165, 1.54) is 13.2 Å². The highest BCUT2D eigenvalue weighted by atomic mass is 19.3. The third-order valence-electron chi connectivity index (χ3n) is 3.47. The Hall–Kier alpha value is -1.40. The van der Waals surface area contributed by atoms with Gasteiger partial charge < -0.3 is 14.6 Å². The molecule has 6 heteroatoms. The summed E-state index contributed by atoms with van der Waals surface area (Å²) in [6.45, 7) is 1.23. The zero-order chi connectivity index (χ0) is 14.8. The van der Waals surface area contributed by atoms with Crippen molar-refractivity contribution in [3.8, 4) is 11.5 Å². The molecule has 0 spiro atoms. The van der Waals surface area contributed by atoms with E-state index in [4.69, 9.17) is 4.74 Å². The number of rotatable bonds is 6. The van der Waals surface area contributed by atoms with Crippen LogP contribution >= 0.6 is 0 Å². The van der Waals surface area contributed by atoms with Gasteiger partial charge in [-0.25, -0.2) is 0 Å². The number of aliphatic hydroxyl groups is 1. The summed E-state index contributed by atoms with van der Waals surface area (Å²) in [6, 6.07) is 4.78. The second-order valence-corrected chi connectivity index (χ2v) is 5.47. The monoisotopic (exact) mass is 287 g/mol. The molecule has 1 aliphatic rings. The molecular weight excluding hydrogens is 268 g/mol. The lowest BCUT2D eigenvalue weighted by Gasteiger charge is -2.47. The maximum Gasteiger partial charge on any atom is 0.387 e. The van der Waals surface area contributed by atoms with E-state index < -0.39 is 6.61 Å². The molecule has 0 aliphatic carbocycles. The molecule has 1 aromatic rings. The number of hydrogen-bond donors (Lipinski definition) is 1. The van der Waals surface area contributed by atoms with Gasteiger partial charge in [0.15, 0.2) is 0 Å². The molecule has 2 rings (SSSR count). The van der Waals surface area contributed by atoms with Gasteiger partial charge in [0.2, 0.25) is 0 Å². The topological polar surface area (TPSA) is 41.9 Å². The number of hydrogen-bond acceptors (Lipinski definition) is 4. The molecule has 0 bridgehead atoms. The number of halogens is 2. The van der Waals surface area contributed by atoms with E-state index in [9.17, 15) is 13.9 Å². The van der Waals surface area contributed by atoms with Gasteiger partial charge >= 0.3 is 6.61 Å². The molecule has 0 unspecified atom stereocenters. The van der Waals surface area contributed by atoms with Crippen LogP contribution in [0.3, 0.4) is 0 Å². The zero-order valence-electron chi connectivity index (χ0n) is 11.6. The summed E-state index contributed by atoms with van der Waals surface area (Å²) in [5.41, 5.74) is 0.562. The molecule has 0 amide bonds. The maximum absolute atomic E-state index is 12.4. The summed E-state index contributed by atoms with van der Waals surface area (Å²) in [5, 5.41) is 9.21. The Balaban J connectivity index is 2.08. The van der Waals surface area contributed by atoms with E-state index in [2.05, 4.69) is 9.64 Å². The fourth-order valence-corrected chi connectivity index (χ4v) is 2.50. The van der Waals surface area contributed by atoms with Crippen molar-refractivity contribution in [2.24, 2.45) is 5.41 Å². The van der Waals surface area contributed by atoms with Crippen LogP contribution in [0.1, 0.15) is 12.5 Å². The molecular formula is C14H19F2NO3. The number of aliphatic hydroxyl groups excluding tert-OH is 1.